The average Bonchev–Trinajstić information content (AvgIpc) is 3.16. The molecule has 1 atom stereocenters. The van der Waals surface area contributed by atoms with Gasteiger partial charge in [0.2, 0.25) is 0 Å². The number of guanidine groups is 1. The van der Waals surface area contributed by atoms with Gasteiger partial charge < -0.3 is 24.8 Å². The third kappa shape index (κ3) is 7.97. The van der Waals surface area contributed by atoms with Crippen LogP contribution in [0.1, 0.15) is 18.4 Å². The van der Waals surface area contributed by atoms with Crippen LogP contribution in [0.5, 0.6) is 5.75 Å². The molecule has 2 rings (SSSR count). The lowest BCUT2D eigenvalue weighted by Gasteiger charge is -2.14. The Morgan fingerprint density at radius 3 is 3.00 bits per heavy atom. The van der Waals surface area contributed by atoms with Gasteiger partial charge in [0.25, 0.3) is 6.43 Å². The van der Waals surface area contributed by atoms with E-state index in [1.165, 1.54) is 0 Å². The van der Waals surface area contributed by atoms with Crippen LogP contribution in [-0.4, -0.2) is 58.5 Å². The van der Waals surface area contributed by atoms with Crippen LogP contribution in [0.4, 0.5) is 8.78 Å². The Bertz CT molecular complexity index is 552. The molecule has 1 heterocycles. The lowest BCUT2D eigenvalue weighted by Crippen LogP contribution is -2.37. The summed E-state index contributed by atoms with van der Waals surface area (Å²) in [6, 6.07) is 7.07. The average molecular weight is 371 g/mol. The molecule has 8 heteroatoms. The van der Waals surface area contributed by atoms with E-state index in [4.69, 9.17) is 14.2 Å². The quantitative estimate of drug-likeness (QED) is 0.375. The van der Waals surface area contributed by atoms with Gasteiger partial charge in [-0.3, -0.25) is 4.99 Å². The molecule has 146 valence electrons. The fourth-order valence-electron chi connectivity index (χ4n) is 2.48. The third-order valence-corrected chi connectivity index (χ3v) is 3.81. The highest BCUT2D eigenvalue weighted by Gasteiger charge is 2.15. The van der Waals surface area contributed by atoms with E-state index < -0.39 is 13.0 Å². The van der Waals surface area contributed by atoms with Crippen LogP contribution in [0.25, 0.3) is 0 Å². The normalized spacial score (nSPS) is 17.5. The Hall–Kier alpha value is -1.93. The van der Waals surface area contributed by atoms with Crippen molar-refractivity contribution in [3.8, 4) is 5.75 Å². The minimum Gasteiger partial charge on any atom is -0.488 e. The summed E-state index contributed by atoms with van der Waals surface area (Å²) in [6.45, 7) is 2.81. The highest BCUT2D eigenvalue weighted by Crippen LogP contribution is 2.14. The molecule has 0 aromatic heterocycles. The van der Waals surface area contributed by atoms with Crippen molar-refractivity contribution in [3.05, 3.63) is 29.8 Å². The Morgan fingerprint density at radius 2 is 2.27 bits per heavy atom. The van der Waals surface area contributed by atoms with Gasteiger partial charge in [0.15, 0.2) is 5.96 Å². The van der Waals surface area contributed by atoms with Crippen LogP contribution in [-0.2, 0) is 16.0 Å². The summed E-state index contributed by atoms with van der Waals surface area (Å²) in [5.41, 5.74) is 0.921. The second-order valence-corrected chi connectivity index (χ2v) is 5.91. The number of benzene rings is 1. The first-order chi connectivity index (χ1) is 12.7. The largest absolute Gasteiger partial charge is 0.488 e. The first-order valence-electron chi connectivity index (χ1n) is 8.81. The number of rotatable bonds is 10. The fourth-order valence-corrected chi connectivity index (χ4v) is 2.48. The fraction of sp³-hybridized carbons (Fsp3) is 0.611. The summed E-state index contributed by atoms with van der Waals surface area (Å²) in [7, 11) is 1.70. The lowest BCUT2D eigenvalue weighted by molar-refractivity contribution is 0.0420. The van der Waals surface area contributed by atoms with Gasteiger partial charge in [0, 0.05) is 33.4 Å². The first kappa shape index (κ1) is 20.4. The molecule has 1 saturated heterocycles. The molecule has 0 amide bonds. The van der Waals surface area contributed by atoms with Gasteiger partial charge in [-0.25, -0.2) is 8.78 Å². The monoisotopic (exact) mass is 371 g/mol. The van der Waals surface area contributed by atoms with Gasteiger partial charge in [-0.2, -0.15) is 0 Å². The predicted molar refractivity (Wildman–Crippen MR) is 95.9 cm³/mol. The number of nitrogens with zero attached hydrogens (tertiary/aromatic N) is 1. The SMILES string of the molecule is CN=C(NCCCOC1CCOC1)NCc1cccc(OCC(F)F)c1. The minimum atomic E-state index is -2.48. The summed E-state index contributed by atoms with van der Waals surface area (Å²) in [5, 5.41) is 6.40. The van der Waals surface area contributed by atoms with Crippen molar-refractivity contribution in [2.45, 2.75) is 31.9 Å². The van der Waals surface area contributed by atoms with Crippen LogP contribution in [0.2, 0.25) is 0 Å². The Morgan fingerprint density at radius 1 is 1.38 bits per heavy atom. The van der Waals surface area contributed by atoms with Crippen LogP contribution in [0.3, 0.4) is 0 Å². The summed E-state index contributed by atoms with van der Waals surface area (Å²) in [5.74, 6) is 1.11. The van der Waals surface area contributed by atoms with E-state index >= 15 is 0 Å². The van der Waals surface area contributed by atoms with Crippen molar-refractivity contribution in [2.24, 2.45) is 4.99 Å². The maximum absolute atomic E-state index is 12.2. The topological polar surface area (TPSA) is 64.1 Å². The van der Waals surface area contributed by atoms with Crippen LogP contribution in [0.15, 0.2) is 29.3 Å². The molecular formula is C18H27F2N3O3. The maximum Gasteiger partial charge on any atom is 0.272 e. The molecule has 6 nitrogen and oxygen atoms in total. The van der Waals surface area contributed by atoms with Crippen molar-refractivity contribution >= 4 is 5.96 Å². The number of halogens is 2. The van der Waals surface area contributed by atoms with Crippen molar-refractivity contribution < 1.29 is 23.0 Å². The highest BCUT2D eigenvalue weighted by atomic mass is 19.3. The molecule has 1 unspecified atom stereocenters. The predicted octanol–water partition coefficient (Wildman–Crippen LogP) is 2.19. The number of hydrogen-bond donors (Lipinski definition) is 2. The van der Waals surface area contributed by atoms with E-state index in [2.05, 4.69) is 15.6 Å². The van der Waals surface area contributed by atoms with E-state index in [0.29, 0.717) is 31.5 Å². The van der Waals surface area contributed by atoms with E-state index in [1.54, 1.807) is 25.2 Å². The van der Waals surface area contributed by atoms with Crippen molar-refractivity contribution in [1.82, 2.24) is 10.6 Å². The molecule has 0 radical (unpaired) electrons. The smallest absolute Gasteiger partial charge is 0.272 e. The molecule has 0 aliphatic carbocycles. The van der Waals surface area contributed by atoms with Crippen molar-refractivity contribution in [3.63, 3.8) is 0 Å². The van der Waals surface area contributed by atoms with Gasteiger partial charge in [-0.05, 0) is 30.5 Å². The summed E-state index contributed by atoms with van der Waals surface area (Å²) >= 11 is 0. The molecule has 0 bridgehead atoms. The second-order valence-electron chi connectivity index (χ2n) is 5.91. The summed E-state index contributed by atoms with van der Waals surface area (Å²) < 4.78 is 40.4. The van der Waals surface area contributed by atoms with Crippen molar-refractivity contribution in [2.75, 3.05) is 40.0 Å². The molecular weight excluding hydrogens is 344 g/mol. The minimum absolute atomic E-state index is 0.229. The van der Waals surface area contributed by atoms with Crippen LogP contribution in [0, 0.1) is 0 Å². The Kier molecular flexibility index (Phi) is 9.13. The maximum atomic E-state index is 12.2. The van der Waals surface area contributed by atoms with Gasteiger partial charge >= 0.3 is 0 Å². The number of hydrogen-bond acceptors (Lipinski definition) is 4. The Labute approximate surface area is 152 Å². The van der Waals surface area contributed by atoms with Gasteiger partial charge in [-0.1, -0.05) is 12.1 Å². The molecule has 1 aromatic rings. The van der Waals surface area contributed by atoms with Crippen LogP contribution >= 0.6 is 0 Å². The van der Waals surface area contributed by atoms with E-state index in [-0.39, 0.29) is 6.10 Å². The molecule has 2 N–H and O–H groups in total. The zero-order valence-corrected chi connectivity index (χ0v) is 15.0. The summed E-state index contributed by atoms with van der Waals surface area (Å²) in [6.07, 6.45) is -0.415. The van der Waals surface area contributed by atoms with E-state index in [9.17, 15) is 8.78 Å². The molecule has 0 spiro atoms. The standard InChI is InChI=1S/C18H27F2N3O3/c1-21-18(22-7-3-8-25-16-6-9-24-12-16)23-11-14-4-2-5-15(10-14)26-13-17(19)20/h2,4-5,10,16-17H,3,6-9,11-13H2,1H3,(H2,21,22,23). The Balaban J connectivity index is 1.63. The zero-order valence-electron chi connectivity index (χ0n) is 15.0. The van der Waals surface area contributed by atoms with E-state index in [1.807, 2.05) is 6.07 Å². The molecule has 1 aliphatic rings. The molecule has 1 aromatic carbocycles. The zero-order chi connectivity index (χ0) is 18.6. The van der Waals surface area contributed by atoms with Crippen molar-refractivity contribution in [1.29, 1.82) is 0 Å². The van der Waals surface area contributed by atoms with Crippen LogP contribution < -0.4 is 15.4 Å². The van der Waals surface area contributed by atoms with E-state index in [0.717, 1.165) is 31.6 Å². The number of ether oxygens (including phenoxy) is 3. The molecule has 1 aliphatic heterocycles. The third-order valence-electron chi connectivity index (χ3n) is 3.81. The molecule has 1 fully saturated rings. The van der Waals surface area contributed by atoms with Gasteiger partial charge in [-0.15, -0.1) is 0 Å². The number of nitrogens with one attached hydrogen (secondary N) is 2. The lowest BCUT2D eigenvalue weighted by atomic mass is 10.2. The highest BCUT2D eigenvalue weighted by molar-refractivity contribution is 5.79. The number of alkyl halides is 2. The summed E-state index contributed by atoms with van der Waals surface area (Å²) in [4.78, 5) is 4.16. The number of aliphatic imine (C=N–C) groups is 1. The van der Waals surface area contributed by atoms with Gasteiger partial charge in [0.1, 0.15) is 12.4 Å². The molecule has 26 heavy (non-hydrogen) atoms. The molecule has 0 saturated carbocycles. The first-order valence-corrected chi connectivity index (χ1v) is 8.81. The second kappa shape index (κ2) is 11.6. The van der Waals surface area contributed by atoms with Gasteiger partial charge in [0.05, 0.1) is 12.7 Å².